The van der Waals surface area contributed by atoms with Gasteiger partial charge in [-0.2, -0.15) is 0 Å². The number of hydrogen-bond acceptors (Lipinski definition) is 3. The number of hydrogen-bond donors (Lipinski definition) is 1. The van der Waals surface area contributed by atoms with Crippen LogP contribution in [0.15, 0.2) is 47.4 Å². The van der Waals surface area contributed by atoms with Crippen LogP contribution in [0.25, 0.3) is 0 Å². The highest BCUT2D eigenvalue weighted by molar-refractivity contribution is 5.41. The predicted molar refractivity (Wildman–Crippen MR) is 76.6 cm³/mol. The summed E-state index contributed by atoms with van der Waals surface area (Å²) in [6.45, 7) is 3.36. The van der Waals surface area contributed by atoms with E-state index in [1.54, 1.807) is 29.9 Å². The highest BCUT2D eigenvalue weighted by Crippen LogP contribution is 2.13. The minimum absolute atomic E-state index is 0.00776. The second-order valence-electron chi connectivity index (χ2n) is 4.30. The molecule has 0 aliphatic rings. The van der Waals surface area contributed by atoms with Crippen LogP contribution in [-0.4, -0.2) is 11.2 Å². The van der Waals surface area contributed by atoms with E-state index in [1.165, 1.54) is 0 Å². The van der Waals surface area contributed by atoms with Crippen LogP contribution < -0.4 is 15.6 Å². The first-order valence-corrected chi connectivity index (χ1v) is 6.31. The van der Waals surface area contributed by atoms with Gasteiger partial charge < -0.3 is 14.6 Å². The smallest absolute Gasteiger partial charge is 0.250 e. The summed E-state index contributed by atoms with van der Waals surface area (Å²) in [5.41, 5.74) is 2.08. The number of benzene rings is 1. The second kappa shape index (κ2) is 6.09. The van der Waals surface area contributed by atoms with Crippen LogP contribution in [0, 0.1) is 0 Å². The summed E-state index contributed by atoms with van der Waals surface area (Å²) in [6, 6.07) is 11.3. The number of anilines is 1. The van der Waals surface area contributed by atoms with E-state index in [0.717, 1.165) is 17.0 Å². The molecular formula is C15H18N2O2. The molecule has 1 heterocycles. The summed E-state index contributed by atoms with van der Waals surface area (Å²) in [5.74, 6) is 0.883. The van der Waals surface area contributed by atoms with Crippen molar-refractivity contribution in [2.75, 3.05) is 11.9 Å². The van der Waals surface area contributed by atoms with Gasteiger partial charge >= 0.3 is 0 Å². The molecule has 1 aromatic carbocycles. The fraction of sp³-hybridized carbons (Fsp3) is 0.267. The zero-order valence-electron chi connectivity index (χ0n) is 11.2. The summed E-state index contributed by atoms with van der Waals surface area (Å²) in [4.78, 5) is 11.3. The molecule has 0 aliphatic heterocycles. The van der Waals surface area contributed by atoms with Crippen LogP contribution in [0.2, 0.25) is 0 Å². The average Bonchev–Trinajstić information content (AvgIpc) is 2.42. The monoisotopic (exact) mass is 258 g/mol. The zero-order valence-corrected chi connectivity index (χ0v) is 11.2. The zero-order chi connectivity index (χ0) is 13.7. The lowest BCUT2D eigenvalue weighted by atomic mass is 10.2. The molecule has 100 valence electrons. The van der Waals surface area contributed by atoms with Crippen LogP contribution >= 0.6 is 0 Å². The molecule has 0 bridgehead atoms. The molecule has 4 nitrogen and oxygen atoms in total. The first-order valence-electron chi connectivity index (χ1n) is 6.31. The largest absolute Gasteiger partial charge is 0.494 e. The minimum atomic E-state index is -0.00776. The fourth-order valence-electron chi connectivity index (χ4n) is 1.77. The van der Waals surface area contributed by atoms with E-state index in [0.29, 0.717) is 13.2 Å². The highest BCUT2D eigenvalue weighted by atomic mass is 16.5. The highest BCUT2D eigenvalue weighted by Gasteiger charge is 1.97. The molecule has 0 saturated carbocycles. The van der Waals surface area contributed by atoms with E-state index < -0.39 is 0 Å². The van der Waals surface area contributed by atoms with E-state index in [9.17, 15) is 4.79 Å². The van der Waals surface area contributed by atoms with E-state index >= 15 is 0 Å². The van der Waals surface area contributed by atoms with Gasteiger partial charge in [-0.1, -0.05) is 12.1 Å². The topological polar surface area (TPSA) is 43.3 Å². The number of aromatic nitrogens is 1. The molecule has 0 amide bonds. The Morgan fingerprint density at radius 2 is 1.89 bits per heavy atom. The summed E-state index contributed by atoms with van der Waals surface area (Å²) < 4.78 is 6.95. The van der Waals surface area contributed by atoms with Crippen LogP contribution in [0.4, 0.5) is 5.69 Å². The molecule has 2 aromatic rings. The van der Waals surface area contributed by atoms with Crippen LogP contribution in [0.5, 0.6) is 5.75 Å². The van der Waals surface area contributed by atoms with Gasteiger partial charge in [0.25, 0.3) is 0 Å². The van der Waals surface area contributed by atoms with E-state index in [1.807, 2.05) is 31.2 Å². The summed E-state index contributed by atoms with van der Waals surface area (Å²) in [6.07, 6.45) is 1.79. The Morgan fingerprint density at radius 1 is 1.16 bits per heavy atom. The molecule has 0 aliphatic carbocycles. The number of aryl methyl sites for hydroxylation is 1. The number of nitrogens with one attached hydrogen (secondary N) is 1. The molecule has 4 heteroatoms. The number of rotatable bonds is 5. The van der Waals surface area contributed by atoms with Crippen molar-refractivity contribution in [2.45, 2.75) is 13.5 Å². The van der Waals surface area contributed by atoms with Gasteiger partial charge in [-0.05, 0) is 30.7 Å². The number of pyridine rings is 1. The molecule has 0 atom stereocenters. The van der Waals surface area contributed by atoms with Crippen LogP contribution in [-0.2, 0) is 13.6 Å². The Hall–Kier alpha value is -2.23. The number of nitrogens with zero attached hydrogens (tertiary/aromatic N) is 1. The normalized spacial score (nSPS) is 10.2. The Labute approximate surface area is 112 Å². The SMILES string of the molecule is CCOc1ccc(CNc2ccc(=O)n(C)c2)cc1. The number of ether oxygens (including phenoxy) is 1. The third-order valence-electron chi connectivity index (χ3n) is 2.82. The second-order valence-corrected chi connectivity index (χ2v) is 4.30. The minimum Gasteiger partial charge on any atom is -0.494 e. The molecule has 0 spiro atoms. The molecular weight excluding hydrogens is 240 g/mol. The molecule has 1 N–H and O–H groups in total. The Kier molecular flexibility index (Phi) is 4.23. The van der Waals surface area contributed by atoms with Gasteiger partial charge in [-0.3, -0.25) is 4.79 Å². The quantitative estimate of drug-likeness (QED) is 0.895. The summed E-state index contributed by atoms with van der Waals surface area (Å²) in [5, 5.41) is 3.28. The first-order chi connectivity index (χ1) is 9.19. The summed E-state index contributed by atoms with van der Waals surface area (Å²) >= 11 is 0. The van der Waals surface area contributed by atoms with Crippen molar-refractivity contribution in [3.8, 4) is 5.75 Å². The lowest BCUT2D eigenvalue weighted by molar-refractivity contribution is 0.340. The van der Waals surface area contributed by atoms with Crippen molar-refractivity contribution < 1.29 is 4.74 Å². The molecule has 0 radical (unpaired) electrons. The fourth-order valence-corrected chi connectivity index (χ4v) is 1.77. The lowest BCUT2D eigenvalue weighted by Crippen LogP contribution is -2.15. The predicted octanol–water partition coefficient (Wildman–Crippen LogP) is 2.40. The van der Waals surface area contributed by atoms with Crippen molar-refractivity contribution in [3.05, 3.63) is 58.5 Å². The standard InChI is InChI=1S/C15H18N2O2/c1-3-19-14-7-4-12(5-8-14)10-16-13-6-9-15(18)17(2)11-13/h4-9,11,16H,3,10H2,1-2H3. The van der Waals surface area contributed by atoms with Gasteiger partial charge in [0.1, 0.15) is 5.75 Å². The third kappa shape index (κ3) is 3.61. The van der Waals surface area contributed by atoms with Gasteiger partial charge in [-0.25, -0.2) is 0 Å². The van der Waals surface area contributed by atoms with E-state index in [4.69, 9.17) is 4.74 Å². The Morgan fingerprint density at radius 3 is 2.53 bits per heavy atom. The maximum atomic E-state index is 11.3. The molecule has 1 aromatic heterocycles. The Balaban J connectivity index is 1.97. The molecule has 0 saturated heterocycles. The maximum absolute atomic E-state index is 11.3. The van der Waals surface area contributed by atoms with Gasteiger partial charge in [-0.15, -0.1) is 0 Å². The van der Waals surface area contributed by atoms with Crippen molar-refractivity contribution in [1.82, 2.24) is 4.57 Å². The molecule has 0 unspecified atom stereocenters. The molecule has 0 fully saturated rings. The first kappa shape index (κ1) is 13.2. The lowest BCUT2D eigenvalue weighted by Gasteiger charge is -2.08. The van der Waals surface area contributed by atoms with Gasteiger partial charge in [0.2, 0.25) is 5.56 Å². The van der Waals surface area contributed by atoms with Crippen molar-refractivity contribution >= 4 is 5.69 Å². The van der Waals surface area contributed by atoms with Crippen molar-refractivity contribution in [2.24, 2.45) is 7.05 Å². The third-order valence-corrected chi connectivity index (χ3v) is 2.82. The van der Waals surface area contributed by atoms with Gasteiger partial charge in [0.05, 0.1) is 12.3 Å². The Bertz CT molecular complexity index is 588. The van der Waals surface area contributed by atoms with Crippen molar-refractivity contribution in [3.63, 3.8) is 0 Å². The van der Waals surface area contributed by atoms with E-state index in [2.05, 4.69) is 5.32 Å². The van der Waals surface area contributed by atoms with Crippen LogP contribution in [0.3, 0.4) is 0 Å². The molecule has 19 heavy (non-hydrogen) atoms. The summed E-state index contributed by atoms with van der Waals surface area (Å²) in [7, 11) is 1.74. The maximum Gasteiger partial charge on any atom is 0.250 e. The molecule has 2 rings (SSSR count). The van der Waals surface area contributed by atoms with Crippen LogP contribution in [0.1, 0.15) is 12.5 Å². The van der Waals surface area contributed by atoms with Gasteiger partial charge in [0, 0.05) is 25.9 Å². The van der Waals surface area contributed by atoms with Gasteiger partial charge in [0.15, 0.2) is 0 Å². The van der Waals surface area contributed by atoms with E-state index in [-0.39, 0.29) is 5.56 Å². The average molecular weight is 258 g/mol. The van der Waals surface area contributed by atoms with Crippen molar-refractivity contribution in [1.29, 1.82) is 0 Å².